The highest BCUT2D eigenvalue weighted by Crippen LogP contribution is 2.35. The van der Waals surface area contributed by atoms with Gasteiger partial charge < -0.3 is 4.74 Å². The first kappa shape index (κ1) is 10.9. The average Bonchev–Trinajstić information content (AvgIpc) is 2.87. The molecule has 0 saturated heterocycles. The number of H-pyrrole nitrogens is 1. The Morgan fingerprint density at radius 2 is 2.35 bits per heavy atom. The lowest BCUT2D eigenvalue weighted by molar-refractivity contribution is 0.206. The van der Waals surface area contributed by atoms with Crippen LogP contribution in [0.1, 0.15) is 23.7 Å². The van der Waals surface area contributed by atoms with Gasteiger partial charge in [-0.3, -0.25) is 9.17 Å². The first-order valence-corrected chi connectivity index (χ1v) is 6.61. The minimum atomic E-state index is -0.155. The second-order valence-corrected chi connectivity index (χ2v) is 5.13. The molecule has 5 heteroatoms. The van der Waals surface area contributed by atoms with Gasteiger partial charge in [-0.15, -0.1) is 0 Å². The van der Waals surface area contributed by atoms with E-state index in [0.29, 0.717) is 5.75 Å². The molecule has 1 aromatic heterocycles. The molecule has 0 bridgehead atoms. The van der Waals surface area contributed by atoms with Gasteiger partial charge in [-0.2, -0.15) is 0 Å². The first-order valence-electron chi connectivity index (χ1n) is 5.35. The molecular weight excluding hydrogens is 258 g/mol. The normalized spacial score (nSPS) is 18.1. The van der Waals surface area contributed by atoms with Gasteiger partial charge in [-0.05, 0) is 36.1 Å². The molecule has 1 unspecified atom stereocenters. The summed E-state index contributed by atoms with van der Waals surface area (Å²) in [5.41, 5.74) is 2.20. The Morgan fingerprint density at radius 1 is 1.47 bits per heavy atom. The number of halogens is 1. The van der Waals surface area contributed by atoms with Crippen LogP contribution >= 0.6 is 23.1 Å². The van der Waals surface area contributed by atoms with E-state index in [0.717, 1.165) is 23.4 Å². The van der Waals surface area contributed by atoms with Crippen LogP contribution in [0.4, 0.5) is 0 Å². The fourth-order valence-corrected chi connectivity index (χ4v) is 2.88. The summed E-state index contributed by atoms with van der Waals surface area (Å²) in [5, 5.41) is 2.45. The lowest BCUT2D eigenvalue weighted by Gasteiger charge is -2.12. The Kier molecular flexibility index (Phi) is 2.68. The summed E-state index contributed by atoms with van der Waals surface area (Å²) in [7, 11) is 0. The van der Waals surface area contributed by atoms with Crippen molar-refractivity contribution < 1.29 is 4.74 Å². The molecule has 0 saturated carbocycles. The average molecular weight is 268 g/mol. The minimum Gasteiger partial charge on any atom is -0.479 e. The molecule has 17 heavy (non-hydrogen) atoms. The number of fused-ring (bicyclic) bond motifs is 1. The van der Waals surface area contributed by atoms with E-state index < -0.39 is 0 Å². The molecule has 1 aliphatic carbocycles. The Labute approximate surface area is 107 Å². The number of hydrogen-bond donors (Lipinski definition) is 1. The van der Waals surface area contributed by atoms with Gasteiger partial charge in [0, 0.05) is 5.02 Å². The zero-order valence-corrected chi connectivity index (χ0v) is 10.5. The molecule has 1 aromatic carbocycles. The molecule has 1 atom stereocenters. The summed E-state index contributed by atoms with van der Waals surface area (Å²) in [4.78, 5) is 11.4. The Hall–Kier alpha value is -1.26. The molecular formula is C12H10ClNO2S. The lowest BCUT2D eigenvalue weighted by Crippen LogP contribution is -2.09. The topological polar surface area (TPSA) is 42.1 Å². The Balaban J connectivity index is 1.89. The van der Waals surface area contributed by atoms with E-state index >= 15 is 0 Å². The molecule has 3 rings (SSSR count). The molecule has 2 aromatic rings. The molecule has 0 fully saturated rings. The molecule has 0 radical (unpaired) electrons. The number of rotatable bonds is 2. The van der Waals surface area contributed by atoms with Crippen LogP contribution in [0.25, 0.3) is 0 Å². The molecule has 3 nitrogen and oxygen atoms in total. The number of aromatic amines is 1. The van der Waals surface area contributed by atoms with Crippen molar-refractivity contribution >= 4 is 23.1 Å². The van der Waals surface area contributed by atoms with Crippen molar-refractivity contribution in [2.75, 3.05) is 0 Å². The Morgan fingerprint density at radius 3 is 3.12 bits per heavy atom. The Bertz CT molecular complexity index is 605. The van der Waals surface area contributed by atoms with Gasteiger partial charge in [0.05, 0.1) is 5.38 Å². The fourth-order valence-electron chi connectivity index (χ4n) is 2.14. The second-order valence-electron chi connectivity index (χ2n) is 4.02. The maximum atomic E-state index is 11.4. The van der Waals surface area contributed by atoms with Gasteiger partial charge >= 0.3 is 0 Å². The fraction of sp³-hybridized carbons (Fsp3) is 0.250. The van der Waals surface area contributed by atoms with Crippen LogP contribution in [-0.2, 0) is 6.42 Å². The van der Waals surface area contributed by atoms with Crippen molar-refractivity contribution in [3.63, 3.8) is 0 Å². The predicted molar refractivity (Wildman–Crippen MR) is 68.1 cm³/mol. The predicted octanol–water partition coefficient (Wildman–Crippen LogP) is 3.16. The number of aryl methyl sites for hydroxylation is 1. The van der Waals surface area contributed by atoms with Crippen LogP contribution in [0.5, 0.6) is 5.75 Å². The van der Waals surface area contributed by atoms with Crippen LogP contribution in [0, 0.1) is 0 Å². The van der Waals surface area contributed by atoms with Gasteiger partial charge in [0.2, 0.25) is 0 Å². The van der Waals surface area contributed by atoms with Crippen molar-refractivity contribution in [3.05, 3.63) is 50.1 Å². The molecule has 1 N–H and O–H groups in total. The smallest absolute Gasteiger partial charge is 0.300 e. The van der Waals surface area contributed by atoms with Gasteiger partial charge in [0.1, 0.15) is 6.10 Å². The van der Waals surface area contributed by atoms with Gasteiger partial charge in [0.15, 0.2) is 5.75 Å². The van der Waals surface area contributed by atoms with E-state index in [1.165, 1.54) is 17.1 Å². The molecule has 0 aliphatic heterocycles. The SMILES string of the molecule is O=c1[nH]scc1OC1CCc2cc(Cl)ccc21. The quantitative estimate of drug-likeness (QED) is 0.908. The van der Waals surface area contributed by atoms with E-state index in [-0.39, 0.29) is 11.7 Å². The van der Waals surface area contributed by atoms with Crippen molar-refractivity contribution in [1.29, 1.82) is 0 Å². The van der Waals surface area contributed by atoms with Crippen LogP contribution in [0.3, 0.4) is 0 Å². The largest absolute Gasteiger partial charge is 0.479 e. The molecule has 0 amide bonds. The maximum absolute atomic E-state index is 11.4. The van der Waals surface area contributed by atoms with Crippen molar-refractivity contribution in [3.8, 4) is 5.75 Å². The summed E-state index contributed by atoms with van der Waals surface area (Å²) in [6.07, 6.45) is 1.81. The highest BCUT2D eigenvalue weighted by atomic mass is 35.5. The minimum absolute atomic E-state index is 0.0297. The van der Waals surface area contributed by atoms with E-state index in [9.17, 15) is 4.79 Å². The van der Waals surface area contributed by atoms with Crippen LogP contribution in [0.15, 0.2) is 28.4 Å². The van der Waals surface area contributed by atoms with Crippen LogP contribution in [-0.4, -0.2) is 4.37 Å². The van der Waals surface area contributed by atoms with Crippen molar-refractivity contribution in [2.24, 2.45) is 0 Å². The van der Waals surface area contributed by atoms with E-state index in [1.54, 1.807) is 5.38 Å². The van der Waals surface area contributed by atoms with Crippen molar-refractivity contribution in [1.82, 2.24) is 4.37 Å². The second kappa shape index (κ2) is 4.20. The van der Waals surface area contributed by atoms with Gasteiger partial charge in [0.25, 0.3) is 5.56 Å². The third-order valence-corrected chi connectivity index (χ3v) is 3.81. The zero-order valence-electron chi connectivity index (χ0n) is 8.90. The maximum Gasteiger partial charge on any atom is 0.300 e. The number of ether oxygens (including phenoxy) is 1. The lowest BCUT2D eigenvalue weighted by atomic mass is 10.1. The number of aromatic nitrogens is 1. The highest BCUT2D eigenvalue weighted by molar-refractivity contribution is 7.03. The number of hydrogen-bond acceptors (Lipinski definition) is 3. The molecule has 1 heterocycles. The number of nitrogens with one attached hydrogen (secondary N) is 1. The van der Waals surface area contributed by atoms with Crippen LogP contribution in [0.2, 0.25) is 5.02 Å². The molecule has 0 spiro atoms. The summed E-state index contributed by atoms with van der Waals surface area (Å²) < 4.78 is 8.35. The van der Waals surface area contributed by atoms with E-state index in [4.69, 9.17) is 16.3 Å². The highest BCUT2D eigenvalue weighted by Gasteiger charge is 2.25. The zero-order chi connectivity index (χ0) is 11.8. The summed E-state index contributed by atoms with van der Waals surface area (Å²) in [6.45, 7) is 0. The monoisotopic (exact) mass is 267 g/mol. The summed E-state index contributed by atoms with van der Waals surface area (Å²) >= 11 is 7.19. The summed E-state index contributed by atoms with van der Waals surface area (Å²) in [5.74, 6) is 0.405. The van der Waals surface area contributed by atoms with Gasteiger partial charge in [-0.1, -0.05) is 29.2 Å². The summed E-state index contributed by atoms with van der Waals surface area (Å²) in [6, 6.07) is 5.81. The molecule has 88 valence electrons. The van der Waals surface area contributed by atoms with E-state index in [1.807, 2.05) is 18.2 Å². The van der Waals surface area contributed by atoms with Crippen molar-refractivity contribution in [2.45, 2.75) is 18.9 Å². The van der Waals surface area contributed by atoms with Gasteiger partial charge in [-0.25, -0.2) is 0 Å². The van der Waals surface area contributed by atoms with E-state index in [2.05, 4.69) is 4.37 Å². The third kappa shape index (κ3) is 1.98. The first-order chi connectivity index (χ1) is 8.24. The molecule has 1 aliphatic rings. The van der Waals surface area contributed by atoms with Crippen LogP contribution < -0.4 is 10.3 Å². The number of benzene rings is 1. The third-order valence-electron chi connectivity index (χ3n) is 2.94. The standard InChI is InChI=1S/C12H10ClNO2S/c13-8-2-3-9-7(5-8)1-4-10(9)16-11-6-17-14-12(11)15/h2-3,5-6,10H,1,4H2,(H,14,15).